The average molecular weight is 106 g/mol. The Balaban J connectivity index is 3.74. The van der Waals surface area contributed by atoms with Crippen molar-refractivity contribution in [1.82, 2.24) is 0 Å². The fourth-order valence-electron chi connectivity index (χ4n) is 0.316. The monoisotopic (exact) mass is 106 g/mol. The van der Waals surface area contributed by atoms with Gasteiger partial charge < -0.3 is 0 Å². The molecule has 0 radical (unpaired) electrons. The van der Waals surface area contributed by atoms with Gasteiger partial charge in [-0.3, -0.25) is 0 Å². The number of rotatable bonds is 2. The summed E-state index contributed by atoms with van der Waals surface area (Å²) in [5, 5.41) is 0. The molecule has 0 saturated carbocycles. The second kappa shape index (κ2) is 4.57. The number of hydrogen-bond donors (Lipinski definition) is 0. The SMILES string of the molecule is B=C/C(C)=C\C=C/C. The molecule has 0 aliphatic carbocycles. The summed E-state index contributed by atoms with van der Waals surface area (Å²) >= 11 is 0. The van der Waals surface area contributed by atoms with Crippen LogP contribution in [-0.2, 0) is 0 Å². The third-order valence-corrected chi connectivity index (χ3v) is 0.874. The van der Waals surface area contributed by atoms with E-state index in [1.54, 1.807) is 0 Å². The molecule has 8 heavy (non-hydrogen) atoms. The van der Waals surface area contributed by atoms with Gasteiger partial charge in [0.05, 0.1) is 0 Å². The zero-order valence-corrected chi connectivity index (χ0v) is 5.52. The molecule has 0 unspecified atom stereocenters. The number of hydrogen-bond acceptors (Lipinski definition) is 0. The molecular weight excluding hydrogens is 94.9 g/mol. The Morgan fingerprint density at radius 3 is 2.50 bits per heavy atom. The van der Waals surface area contributed by atoms with Crippen molar-refractivity contribution in [2.75, 3.05) is 0 Å². The van der Waals surface area contributed by atoms with Crippen molar-refractivity contribution < 1.29 is 0 Å². The van der Waals surface area contributed by atoms with Gasteiger partial charge in [0.15, 0.2) is 0 Å². The molecule has 0 aromatic rings. The molecule has 1 heteroatoms. The second-order valence-electron chi connectivity index (χ2n) is 1.64. The molecule has 0 heterocycles. The number of allylic oxidation sites excluding steroid dienone is 4. The molecule has 0 nitrogen and oxygen atoms in total. The van der Waals surface area contributed by atoms with Gasteiger partial charge in [0.1, 0.15) is 0 Å². The summed E-state index contributed by atoms with van der Waals surface area (Å²) in [6, 6.07) is 0. The maximum atomic E-state index is 3.61. The van der Waals surface area contributed by atoms with Crippen LogP contribution in [0.5, 0.6) is 0 Å². The van der Waals surface area contributed by atoms with E-state index >= 15 is 0 Å². The van der Waals surface area contributed by atoms with Crippen LogP contribution in [0.2, 0.25) is 0 Å². The van der Waals surface area contributed by atoms with Gasteiger partial charge in [-0.05, 0) is 0 Å². The molecule has 0 atom stereocenters. The van der Waals surface area contributed by atoms with Gasteiger partial charge in [0, 0.05) is 0 Å². The summed E-state index contributed by atoms with van der Waals surface area (Å²) in [6.45, 7) is 4.01. The van der Waals surface area contributed by atoms with Gasteiger partial charge >= 0.3 is 51.1 Å². The van der Waals surface area contributed by atoms with Crippen LogP contribution in [0.25, 0.3) is 0 Å². The van der Waals surface area contributed by atoms with Crippen molar-refractivity contribution in [2.45, 2.75) is 13.8 Å². The Hall–Kier alpha value is -0.585. The standard InChI is InChI=1S/C7H11B/c1-3-4-5-7(2)6-8/h3-6,8H,1-2H3/b4-3-,7-5-. The third kappa shape index (κ3) is 3.60. The molecule has 0 aliphatic rings. The Labute approximate surface area is 52.0 Å². The van der Waals surface area contributed by atoms with Crippen LogP contribution in [0.1, 0.15) is 13.8 Å². The normalized spacial score (nSPS) is 12.4. The Kier molecular flexibility index (Phi) is 4.24. The molecule has 0 rings (SSSR count). The molecule has 42 valence electrons. The fourth-order valence-corrected chi connectivity index (χ4v) is 0.316. The van der Waals surface area contributed by atoms with E-state index in [9.17, 15) is 0 Å². The first-order valence-electron chi connectivity index (χ1n) is 2.73. The molecule has 0 bridgehead atoms. The van der Waals surface area contributed by atoms with E-state index < -0.39 is 0 Å². The van der Waals surface area contributed by atoms with E-state index in [0.717, 1.165) is 0 Å². The molecule has 0 saturated heterocycles. The summed E-state index contributed by atoms with van der Waals surface area (Å²) in [6.07, 6.45) is 6.01. The molecule has 0 aromatic heterocycles. The minimum atomic E-state index is 1.20. The average Bonchev–Trinajstić information content (AvgIpc) is 1.83. The first-order valence-corrected chi connectivity index (χ1v) is 2.73. The predicted molar refractivity (Wildman–Crippen MR) is 41.8 cm³/mol. The maximum absolute atomic E-state index is 3.61. The van der Waals surface area contributed by atoms with Crippen molar-refractivity contribution in [3.8, 4) is 0 Å². The van der Waals surface area contributed by atoms with Gasteiger partial charge in [-0.25, -0.2) is 0 Å². The molecule has 0 N–H and O–H groups in total. The van der Waals surface area contributed by atoms with Gasteiger partial charge in [0.2, 0.25) is 0 Å². The minimum absolute atomic E-state index is 1.20. The van der Waals surface area contributed by atoms with Crippen LogP contribution in [0, 0.1) is 0 Å². The van der Waals surface area contributed by atoms with E-state index in [2.05, 4.69) is 7.49 Å². The van der Waals surface area contributed by atoms with E-state index in [1.165, 1.54) is 5.57 Å². The summed E-state index contributed by atoms with van der Waals surface area (Å²) in [4.78, 5) is 0. The molecular formula is C7H11B. The topological polar surface area (TPSA) is 0 Å². The summed E-state index contributed by atoms with van der Waals surface area (Å²) in [5.74, 6) is 1.83. The molecule has 0 aliphatic heterocycles. The third-order valence-electron chi connectivity index (χ3n) is 0.874. The summed E-state index contributed by atoms with van der Waals surface area (Å²) < 4.78 is 0. The van der Waals surface area contributed by atoms with Crippen molar-refractivity contribution >= 4 is 13.5 Å². The van der Waals surface area contributed by atoms with Gasteiger partial charge in [0.25, 0.3) is 0 Å². The second-order valence-corrected chi connectivity index (χ2v) is 1.64. The molecule has 0 fully saturated rings. The zero-order chi connectivity index (χ0) is 6.41. The van der Waals surface area contributed by atoms with Crippen molar-refractivity contribution in [2.24, 2.45) is 0 Å². The molecule has 0 aromatic carbocycles. The van der Waals surface area contributed by atoms with Gasteiger partial charge in [-0.15, -0.1) is 0 Å². The van der Waals surface area contributed by atoms with E-state index in [4.69, 9.17) is 0 Å². The van der Waals surface area contributed by atoms with Crippen LogP contribution in [0.3, 0.4) is 0 Å². The fraction of sp³-hybridized carbons (Fsp3) is 0.286. The van der Waals surface area contributed by atoms with Gasteiger partial charge in [-0.2, -0.15) is 0 Å². The van der Waals surface area contributed by atoms with Crippen molar-refractivity contribution in [3.05, 3.63) is 23.8 Å². The van der Waals surface area contributed by atoms with Crippen LogP contribution < -0.4 is 0 Å². The van der Waals surface area contributed by atoms with Crippen LogP contribution >= 0.6 is 0 Å². The van der Waals surface area contributed by atoms with E-state index in [-0.39, 0.29) is 0 Å². The summed E-state index contributed by atoms with van der Waals surface area (Å²) in [5.41, 5.74) is 1.20. The van der Waals surface area contributed by atoms with Crippen LogP contribution in [0.15, 0.2) is 23.8 Å². The van der Waals surface area contributed by atoms with Gasteiger partial charge in [-0.1, -0.05) is 0 Å². The Bertz CT molecular complexity index is 120. The van der Waals surface area contributed by atoms with Crippen molar-refractivity contribution in [3.63, 3.8) is 0 Å². The molecule has 0 spiro atoms. The first kappa shape index (κ1) is 7.41. The first-order chi connectivity index (χ1) is 3.81. The zero-order valence-electron chi connectivity index (χ0n) is 5.52. The van der Waals surface area contributed by atoms with Crippen molar-refractivity contribution in [1.29, 1.82) is 0 Å². The predicted octanol–water partition coefficient (Wildman–Crippen LogP) is 1.21. The van der Waals surface area contributed by atoms with Crippen LogP contribution in [0.4, 0.5) is 0 Å². The quantitative estimate of drug-likeness (QED) is 0.366. The van der Waals surface area contributed by atoms with Crippen LogP contribution in [-0.4, -0.2) is 13.5 Å². The van der Waals surface area contributed by atoms with E-state index in [1.807, 2.05) is 38.0 Å². The molecule has 0 amide bonds. The summed E-state index contributed by atoms with van der Waals surface area (Å²) in [7, 11) is 3.61. The van der Waals surface area contributed by atoms with E-state index in [0.29, 0.717) is 0 Å². The Morgan fingerprint density at radius 1 is 1.50 bits per heavy atom. The Morgan fingerprint density at radius 2 is 2.12 bits per heavy atom.